The van der Waals surface area contributed by atoms with Crippen LogP contribution in [0.4, 0.5) is 0 Å². The molecule has 0 saturated carbocycles. The third kappa shape index (κ3) is 2.34. The number of hydrogen-bond donors (Lipinski definition) is 0. The van der Waals surface area contributed by atoms with Gasteiger partial charge in [0.2, 0.25) is 0 Å². The van der Waals surface area contributed by atoms with Gasteiger partial charge in [-0.2, -0.15) is 0 Å². The molecule has 1 atom stereocenters. The zero-order valence-corrected chi connectivity index (χ0v) is 9.38. The molecular weight excluding hydrogens is 177 g/mol. The first-order valence-corrected chi connectivity index (χ1v) is 3.66. The molecule has 0 amide bonds. The van der Waals surface area contributed by atoms with Crippen molar-refractivity contribution in [2.45, 2.75) is 11.9 Å². The topological polar surface area (TPSA) is 70.8 Å². The van der Waals surface area contributed by atoms with E-state index in [1.165, 1.54) is 11.7 Å². The summed E-state index contributed by atoms with van der Waals surface area (Å²) in [6.07, 6.45) is 0. The first-order valence-electron chi connectivity index (χ1n) is 2.58. The maximum atomic E-state index is 10.4. The average molecular weight is 183 g/mol. The van der Waals surface area contributed by atoms with E-state index in [1.807, 2.05) is 0 Å². The molecule has 7 heteroatoms. The molecule has 1 heterocycles. The Morgan fingerprint density at radius 3 is 2.36 bits per heavy atom. The Kier molecular flexibility index (Phi) is 4.42. The Morgan fingerprint density at radius 1 is 1.64 bits per heavy atom. The number of aromatic nitrogens is 3. The van der Waals surface area contributed by atoms with Gasteiger partial charge in [-0.15, -0.1) is 5.10 Å². The predicted octanol–water partition coefficient (Wildman–Crippen LogP) is -3.63. The molecule has 11 heavy (non-hydrogen) atoms. The maximum Gasteiger partial charge on any atom is 1.00 e. The van der Waals surface area contributed by atoms with Gasteiger partial charge in [-0.3, -0.25) is 4.21 Å². The van der Waals surface area contributed by atoms with Crippen molar-refractivity contribution in [2.75, 3.05) is 0 Å². The smallest absolute Gasteiger partial charge is 0.767 e. The number of rotatable bonds is 1. The molecule has 0 N–H and O–H groups in total. The fraction of sp³-hybridized carbons (Fsp3) is 0.500. The monoisotopic (exact) mass is 183 g/mol. The van der Waals surface area contributed by atoms with Crippen molar-refractivity contribution < 1.29 is 38.3 Å². The zero-order chi connectivity index (χ0) is 7.72. The fourth-order valence-corrected chi connectivity index (χ4v) is 1.21. The summed E-state index contributed by atoms with van der Waals surface area (Å²) in [5, 5.41) is 7.21. The SMILES string of the molecule is Cc1nnn(C)c1S(=O)[O-].[Na+]. The summed E-state index contributed by atoms with van der Waals surface area (Å²) in [7, 11) is 1.53. The van der Waals surface area contributed by atoms with E-state index in [9.17, 15) is 8.76 Å². The van der Waals surface area contributed by atoms with Gasteiger partial charge < -0.3 is 4.55 Å². The molecule has 1 aromatic rings. The summed E-state index contributed by atoms with van der Waals surface area (Å²) in [5.74, 6) is 0. The molecular formula is C4H6N3NaO2S. The van der Waals surface area contributed by atoms with E-state index in [2.05, 4.69) is 10.3 Å². The van der Waals surface area contributed by atoms with Crippen molar-refractivity contribution in [2.24, 2.45) is 7.05 Å². The van der Waals surface area contributed by atoms with Gasteiger partial charge in [-0.25, -0.2) is 4.68 Å². The van der Waals surface area contributed by atoms with Crippen molar-refractivity contribution >= 4 is 11.1 Å². The van der Waals surface area contributed by atoms with E-state index in [0.29, 0.717) is 5.69 Å². The van der Waals surface area contributed by atoms with Crippen LogP contribution in [0.3, 0.4) is 0 Å². The van der Waals surface area contributed by atoms with Gasteiger partial charge in [-0.1, -0.05) is 5.21 Å². The molecule has 0 bridgehead atoms. The van der Waals surface area contributed by atoms with Crippen LogP contribution in [0.25, 0.3) is 0 Å². The van der Waals surface area contributed by atoms with Gasteiger partial charge >= 0.3 is 29.6 Å². The molecule has 0 aliphatic rings. The third-order valence-corrected chi connectivity index (χ3v) is 1.97. The molecule has 0 aliphatic heterocycles. The van der Waals surface area contributed by atoms with E-state index < -0.39 is 11.1 Å². The van der Waals surface area contributed by atoms with E-state index >= 15 is 0 Å². The molecule has 0 aromatic carbocycles. The predicted molar refractivity (Wildman–Crippen MR) is 32.9 cm³/mol. The van der Waals surface area contributed by atoms with Crippen LogP contribution in [0.15, 0.2) is 5.03 Å². The molecule has 1 rings (SSSR count). The second kappa shape index (κ2) is 4.32. The Morgan fingerprint density at radius 2 is 2.18 bits per heavy atom. The molecule has 1 unspecified atom stereocenters. The molecule has 0 fully saturated rings. The average Bonchev–Trinajstić information content (AvgIpc) is 2.11. The third-order valence-electron chi connectivity index (χ3n) is 1.09. The Hall–Kier alpha value is 0.250. The van der Waals surface area contributed by atoms with E-state index in [-0.39, 0.29) is 34.6 Å². The minimum atomic E-state index is -2.23. The van der Waals surface area contributed by atoms with Gasteiger partial charge in [0.15, 0.2) is 0 Å². The van der Waals surface area contributed by atoms with Crippen molar-refractivity contribution in [3.05, 3.63) is 5.69 Å². The first kappa shape index (κ1) is 11.2. The summed E-state index contributed by atoms with van der Waals surface area (Å²) in [4.78, 5) is 0. The minimum absolute atomic E-state index is 0. The molecule has 0 aliphatic carbocycles. The standard InChI is InChI=1S/C4H7N3O2S.Na/c1-3-4(10(8)9)7(2)6-5-3;/h1-2H3,(H,8,9);/q;+1/p-1. The van der Waals surface area contributed by atoms with Crippen molar-refractivity contribution in [3.63, 3.8) is 0 Å². The van der Waals surface area contributed by atoms with Crippen molar-refractivity contribution in [1.82, 2.24) is 15.0 Å². The van der Waals surface area contributed by atoms with Crippen molar-refractivity contribution in [1.29, 1.82) is 0 Å². The van der Waals surface area contributed by atoms with Gasteiger partial charge in [0.05, 0.1) is 5.69 Å². The van der Waals surface area contributed by atoms with Crippen LogP contribution in [0, 0.1) is 6.92 Å². The second-order valence-corrected chi connectivity index (χ2v) is 2.69. The van der Waals surface area contributed by atoms with Gasteiger partial charge in [-0.05, 0) is 18.0 Å². The molecule has 0 saturated heterocycles. The molecule has 0 spiro atoms. The van der Waals surface area contributed by atoms with Crippen molar-refractivity contribution in [3.8, 4) is 0 Å². The van der Waals surface area contributed by atoms with Gasteiger partial charge in [0, 0.05) is 7.05 Å². The Balaban J connectivity index is 0.000001000. The van der Waals surface area contributed by atoms with Crippen LogP contribution in [-0.2, 0) is 18.1 Å². The van der Waals surface area contributed by atoms with Gasteiger partial charge in [0.1, 0.15) is 5.03 Å². The molecule has 0 radical (unpaired) electrons. The van der Waals surface area contributed by atoms with Crippen LogP contribution < -0.4 is 29.6 Å². The van der Waals surface area contributed by atoms with E-state index in [4.69, 9.17) is 0 Å². The van der Waals surface area contributed by atoms with Gasteiger partial charge in [0.25, 0.3) is 0 Å². The van der Waals surface area contributed by atoms with Crippen LogP contribution >= 0.6 is 0 Å². The normalized spacial score (nSPS) is 12.3. The second-order valence-electron chi connectivity index (χ2n) is 1.84. The maximum absolute atomic E-state index is 10.4. The largest absolute Gasteiger partial charge is 1.00 e. The van der Waals surface area contributed by atoms with Crippen LogP contribution in [0.1, 0.15) is 5.69 Å². The van der Waals surface area contributed by atoms with E-state index in [0.717, 1.165) is 0 Å². The minimum Gasteiger partial charge on any atom is -0.767 e. The molecule has 1 aromatic heterocycles. The summed E-state index contributed by atoms with van der Waals surface area (Å²) in [5.41, 5.74) is 0.427. The molecule has 56 valence electrons. The Labute approximate surface area is 88.7 Å². The first-order chi connectivity index (χ1) is 4.63. The zero-order valence-electron chi connectivity index (χ0n) is 6.57. The summed E-state index contributed by atoms with van der Waals surface area (Å²) in [6, 6.07) is 0. The fourth-order valence-electron chi connectivity index (χ4n) is 0.680. The summed E-state index contributed by atoms with van der Waals surface area (Å²) >= 11 is -2.23. The number of aryl methyl sites for hydroxylation is 2. The Bertz CT molecular complexity index is 255. The van der Waals surface area contributed by atoms with Crippen LogP contribution in [-0.4, -0.2) is 23.8 Å². The molecule has 5 nitrogen and oxygen atoms in total. The van der Waals surface area contributed by atoms with Crippen LogP contribution in [0.5, 0.6) is 0 Å². The summed E-state index contributed by atoms with van der Waals surface area (Å²) in [6.45, 7) is 1.60. The van der Waals surface area contributed by atoms with Crippen LogP contribution in [0.2, 0.25) is 0 Å². The quantitative estimate of drug-likeness (QED) is 0.333. The van der Waals surface area contributed by atoms with E-state index in [1.54, 1.807) is 6.92 Å². The number of nitrogens with zero attached hydrogens (tertiary/aromatic N) is 3. The number of hydrogen-bond acceptors (Lipinski definition) is 4. The summed E-state index contributed by atoms with van der Waals surface area (Å²) < 4.78 is 22.0.